The lowest BCUT2D eigenvalue weighted by molar-refractivity contribution is -0.135. The molecule has 108 valence electrons. The third-order valence-electron chi connectivity index (χ3n) is 3.05. The van der Waals surface area contributed by atoms with Gasteiger partial charge in [-0.2, -0.15) is 0 Å². The highest BCUT2D eigenvalue weighted by Crippen LogP contribution is 2.09. The normalized spacial score (nSPS) is 19.1. The van der Waals surface area contributed by atoms with Gasteiger partial charge in [-0.15, -0.1) is 12.4 Å². The van der Waals surface area contributed by atoms with Gasteiger partial charge in [0.15, 0.2) is 0 Å². The van der Waals surface area contributed by atoms with Gasteiger partial charge in [0.2, 0.25) is 5.91 Å². The van der Waals surface area contributed by atoms with Crippen LogP contribution in [0.1, 0.15) is 19.3 Å². The second-order valence-corrected chi connectivity index (χ2v) is 4.31. The van der Waals surface area contributed by atoms with Crippen LogP contribution in [0.3, 0.4) is 0 Å². The van der Waals surface area contributed by atoms with Gasteiger partial charge in [0.25, 0.3) is 0 Å². The van der Waals surface area contributed by atoms with Crippen LogP contribution in [0.5, 0.6) is 0 Å². The van der Waals surface area contributed by atoms with Crippen molar-refractivity contribution in [3.8, 4) is 0 Å². The first-order valence-corrected chi connectivity index (χ1v) is 6.29. The molecule has 1 aliphatic heterocycles. The molecule has 5 nitrogen and oxygen atoms in total. The largest absolute Gasteiger partial charge is 0.383 e. The lowest BCUT2D eigenvalue weighted by atomic mass is 10.0. The zero-order valence-corrected chi connectivity index (χ0v) is 12.1. The molecule has 0 radical (unpaired) electrons. The fourth-order valence-electron chi connectivity index (χ4n) is 2.02. The van der Waals surface area contributed by atoms with Crippen LogP contribution in [-0.2, 0) is 14.3 Å². The topological polar surface area (TPSA) is 50.8 Å². The van der Waals surface area contributed by atoms with E-state index in [9.17, 15) is 4.79 Å². The Balaban J connectivity index is 0.00000289. The van der Waals surface area contributed by atoms with E-state index in [4.69, 9.17) is 9.47 Å². The van der Waals surface area contributed by atoms with Crippen molar-refractivity contribution >= 4 is 18.3 Å². The Bertz CT molecular complexity index is 215. The summed E-state index contributed by atoms with van der Waals surface area (Å²) in [5.74, 6) is 0.179. The molecule has 0 spiro atoms. The zero-order chi connectivity index (χ0) is 12.5. The van der Waals surface area contributed by atoms with Crippen LogP contribution in [0.4, 0.5) is 0 Å². The molecular formula is C12H25ClN2O3. The number of piperidine rings is 1. The Labute approximate surface area is 116 Å². The summed E-state index contributed by atoms with van der Waals surface area (Å²) in [4.78, 5) is 14.1. The van der Waals surface area contributed by atoms with Crippen molar-refractivity contribution in [2.75, 3.05) is 47.1 Å². The molecule has 1 amide bonds. The van der Waals surface area contributed by atoms with E-state index in [0.717, 1.165) is 19.4 Å². The summed E-state index contributed by atoms with van der Waals surface area (Å²) >= 11 is 0. The number of nitrogens with one attached hydrogen (secondary N) is 1. The SMILES string of the molecule is COCCN(CCOC)C(=O)[C@H]1CCCCN1.Cl. The molecule has 1 saturated heterocycles. The van der Waals surface area contributed by atoms with Crippen molar-refractivity contribution in [3.05, 3.63) is 0 Å². The maximum absolute atomic E-state index is 12.3. The number of hydrogen-bond acceptors (Lipinski definition) is 4. The average Bonchev–Trinajstić information content (AvgIpc) is 2.39. The van der Waals surface area contributed by atoms with Gasteiger partial charge >= 0.3 is 0 Å². The molecular weight excluding hydrogens is 256 g/mol. The van der Waals surface area contributed by atoms with Crippen LogP contribution in [0.2, 0.25) is 0 Å². The minimum atomic E-state index is -0.0162. The molecule has 1 aliphatic rings. The van der Waals surface area contributed by atoms with Gasteiger partial charge in [0, 0.05) is 27.3 Å². The van der Waals surface area contributed by atoms with Crippen LogP contribution < -0.4 is 5.32 Å². The van der Waals surface area contributed by atoms with E-state index in [2.05, 4.69) is 5.32 Å². The number of rotatable bonds is 7. The molecule has 1 fully saturated rings. The molecule has 0 unspecified atom stereocenters. The molecule has 0 aromatic carbocycles. The lowest BCUT2D eigenvalue weighted by Gasteiger charge is -2.29. The molecule has 1 rings (SSSR count). The van der Waals surface area contributed by atoms with Gasteiger partial charge in [-0.05, 0) is 19.4 Å². The number of nitrogens with zero attached hydrogens (tertiary/aromatic N) is 1. The lowest BCUT2D eigenvalue weighted by Crippen LogP contribution is -2.50. The number of carbonyl (C=O) groups excluding carboxylic acids is 1. The van der Waals surface area contributed by atoms with Gasteiger partial charge in [-0.3, -0.25) is 4.79 Å². The van der Waals surface area contributed by atoms with Gasteiger partial charge in [-0.1, -0.05) is 6.42 Å². The number of carbonyl (C=O) groups is 1. The summed E-state index contributed by atoms with van der Waals surface area (Å²) in [6.45, 7) is 3.36. The number of hydrogen-bond donors (Lipinski definition) is 1. The smallest absolute Gasteiger partial charge is 0.239 e. The molecule has 0 aromatic rings. The molecule has 1 heterocycles. The van der Waals surface area contributed by atoms with Crippen LogP contribution in [0, 0.1) is 0 Å². The van der Waals surface area contributed by atoms with E-state index in [1.54, 1.807) is 14.2 Å². The van der Waals surface area contributed by atoms with Gasteiger partial charge in [-0.25, -0.2) is 0 Å². The van der Waals surface area contributed by atoms with E-state index < -0.39 is 0 Å². The predicted molar refractivity (Wildman–Crippen MR) is 73.2 cm³/mol. The van der Waals surface area contributed by atoms with Crippen molar-refractivity contribution in [2.24, 2.45) is 0 Å². The quantitative estimate of drug-likeness (QED) is 0.745. The molecule has 6 heteroatoms. The van der Waals surface area contributed by atoms with Gasteiger partial charge < -0.3 is 19.7 Å². The summed E-state index contributed by atoms with van der Waals surface area (Å²) in [7, 11) is 3.30. The molecule has 0 aromatic heterocycles. The van der Waals surface area contributed by atoms with Crippen molar-refractivity contribution in [1.82, 2.24) is 10.2 Å². The first kappa shape index (κ1) is 17.6. The van der Waals surface area contributed by atoms with Crippen LogP contribution in [0.25, 0.3) is 0 Å². The first-order valence-electron chi connectivity index (χ1n) is 6.29. The third kappa shape index (κ3) is 6.00. The highest BCUT2D eigenvalue weighted by molar-refractivity contribution is 5.85. The zero-order valence-electron chi connectivity index (χ0n) is 11.3. The Morgan fingerprint density at radius 3 is 2.28 bits per heavy atom. The molecule has 18 heavy (non-hydrogen) atoms. The van der Waals surface area contributed by atoms with Gasteiger partial charge in [0.05, 0.1) is 19.3 Å². The molecule has 0 aliphatic carbocycles. The first-order chi connectivity index (χ1) is 8.29. The minimum Gasteiger partial charge on any atom is -0.383 e. The van der Waals surface area contributed by atoms with E-state index in [0.29, 0.717) is 26.3 Å². The fourth-order valence-corrected chi connectivity index (χ4v) is 2.02. The highest BCUT2D eigenvalue weighted by Gasteiger charge is 2.25. The fraction of sp³-hybridized carbons (Fsp3) is 0.917. The van der Waals surface area contributed by atoms with Gasteiger partial charge in [0.1, 0.15) is 0 Å². The van der Waals surface area contributed by atoms with Crippen molar-refractivity contribution in [3.63, 3.8) is 0 Å². The third-order valence-corrected chi connectivity index (χ3v) is 3.05. The average molecular weight is 281 g/mol. The molecule has 0 bridgehead atoms. The maximum atomic E-state index is 12.3. The summed E-state index contributed by atoms with van der Waals surface area (Å²) < 4.78 is 10.1. The second-order valence-electron chi connectivity index (χ2n) is 4.31. The Kier molecular flexibility index (Phi) is 10.3. The summed E-state index contributed by atoms with van der Waals surface area (Å²) in [6.07, 6.45) is 3.24. The highest BCUT2D eigenvalue weighted by atomic mass is 35.5. The van der Waals surface area contributed by atoms with E-state index in [1.807, 2.05) is 4.90 Å². The minimum absolute atomic E-state index is 0. The van der Waals surface area contributed by atoms with Crippen LogP contribution in [-0.4, -0.2) is 63.9 Å². The summed E-state index contributed by atoms with van der Waals surface area (Å²) in [6, 6.07) is -0.0162. The summed E-state index contributed by atoms with van der Waals surface area (Å²) in [5.41, 5.74) is 0. The van der Waals surface area contributed by atoms with Crippen molar-refractivity contribution in [1.29, 1.82) is 0 Å². The molecule has 1 atom stereocenters. The van der Waals surface area contributed by atoms with Crippen LogP contribution >= 0.6 is 12.4 Å². The second kappa shape index (κ2) is 10.6. The number of amides is 1. The van der Waals surface area contributed by atoms with Crippen molar-refractivity contribution in [2.45, 2.75) is 25.3 Å². The monoisotopic (exact) mass is 280 g/mol. The maximum Gasteiger partial charge on any atom is 0.239 e. The number of methoxy groups -OCH3 is 2. The number of halogens is 1. The molecule has 1 N–H and O–H groups in total. The van der Waals surface area contributed by atoms with Crippen molar-refractivity contribution < 1.29 is 14.3 Å². The summed E-state index contributed by atoms with van der Waals surface area (Å²) in [5, 5.41) is 3.28. The number of ether oxygens (including phenoxy) is 2. The van der Waals surface area contributed by atoms with E-state index in [1.165, 1.54) is 6.42 Å². The Hall–Kier alpha value is -0.360. The Morgan fingerprint density at radius 1 is 1.22 bits per heavy atom. The van der Waals surface area contributed by atoms with E-state index in [-0.39, 0.29) is 24.4 Å². The molecule has 0 saturated carbocycles. The van der Waals surface area contributed by atoms with E-state index >= 15 is 0 Å². The Morgan fingerprint density at radius 2 is 1.83 bits per heavy atom. The van der Waals surface area contributed by atoms with Crippen LogP contribution in [0.15, 0.2) is 0 Å². The predicted octanol–water partition coefficient (Wildman–Crippen LogP) is 0.672. The standard InChI is InChI=1S/C12H24N2O3.ClH/c1-16-9-7-14(8-10-17-2)12(15)11-5-3-4-6-13-11;/h11,13H,3-10H2,1-2H3;1H/t11-;/m1./s1.